The number of anilines is 1. The summed E-state index contributed by atoms with van der Waals surface area (Å²) in [5.41, 5.74) is 1.03. The lowest BCUT2D eigenvalue weighted by atomic mass is 10.2. The van der Waals surface area contributed by atoms with Gasteiger partial charge in [0.25, 0.3) is 0 Å². The summed E-state index contributed by atoms with van der Waals surface area (Å²) in [7, 11) is 0. The van der Waals surface area contributed by atoms with Crippen LogP contribution in [0.2, 0.25) is 0 Å². The first-order valence-corrected chi connectivity index (χ1v) is 3.53. The molecule has 1 aliphatic rings. The Morgan fingerprint density at radius 1 is 1.73 bits per heavy atom. The fourth-order valence-electron chi connectivity index (χ4n) is 1.11. The first-order valence-electron chi connectivity index (χ1n) is 3.53. The summed E-state index contributed by atoms with van der Waals surface area (Å²) >= 11 is 0. The number of rotatable bonds is 0. The molecule has 2 heterocycles. The van der Waals surface area contributed by atoms with E-state index in [0.29, 0.717) is 6.73 Å². The Morgan fingerprint density at radius 3 is 3.45 bits per heavy atom. The molecule has 0 aliphatic carbocycles. The minimum atomic E-state index is 0.104. The van der Waals surface area contributed by atoms with Gasteiger partial charge in [-0.1, -0.05) is 0 Å². The van der Waals surface area contributed by atoms with Gasteiger partial charge in [-0.05, 0) is 6.92 Å². The third-order valence-corrected chi connectivity index (χ3v) is 1.75. The molecule has 1 aromatic heterocycles. The second-order valence-electron chi connectivity index (χ2n) is 2.46. The highest BCUT2D eigenvalue weighted by molar-refractivity contribution is 5.44. The van der Waals surface area contributed by atoms with Crippen molar-refractivity contribution in [1.29, 1.82) is 0 Å². The van der Waals surface area contributed by atoms with Crippen molar-refractivity contribution in [2.24, 2.45) is 0 Å². The predicted molar refractivity (Wildman–Crippen MR) is 40.0 cm³/mol. The fourth-order valence-corrected chi connectivity index (χ4v) is 1.11. The lowest BCUT2D eigenvalue weighted by molar-refractivity contribution is 0.0716. The Morgan fingerprint density at radius 2 is 2.64 bits per heavy atom. The van der Waals surface area contributed by atoms with Gasteiger partial charge in [0, 0.05) is 11.8 Å². The lowest BCUT2D eigenvalue weighted by Gasteiger charge is -2.22. The monoisotopic (exact) mass is 151 g/mol. The molecule has 0 amide bonds. The van der Waals surface area contributed by atoms with Crippen LogP contribution < -0.4 is 5.32 Å². The van der Waals surface area contributed by atoms with Crippen molar-refractivity contribution < 1.29 is 4.74 Å². The Balaban J connectivity index is 2.44. The Bertz CT molecular complexity index is 264. The highest BCUT2D eigenvalue weighted by Gasteiger charge is 2.16. The van der Waals surface area contributed by atoms with Gasteiger partial charge in [-0.3, -0.25) is 0 Å². The van der Waals surface area contributed by atoms with E-state index in [-0.39, 0.29) is 6.10 Å². The molecule has 0 radical (unpaired) electrons. The van der Waals surface area contributed by atoms with Crippen molar-refractivity contribution in [2.45, 2.75) is 13.0 Å². The summed E-state index contributed by atoms with van der Waals surface area (Å²) in [5, 5.41) is 3.02. The van der Waals surface area contributed by atoms with Gasteiger partial charge in [-0.15, -0.1) is 0 Å². The van der Waals surface area contributed by atoms with Crippen molar-refractivity contribution in [1.82, 2.24) is 9.97 Å². The minimum Gasteiger partial charge on any atom is -0.353 e. The molecule has 0 saturated carbocycles. The van der Waals surface area contributed by atoms with Gasteiger partial charge in [0.05, 0.1) is 6.10 Å². The number of nitrogens with zero attached hydrogens (tertiary/aromatic N) is 2. The average Bonchev–Trinajstić information content (AvgIpc) is 2.06. The van der Waals surface area contributed by atoms with E-state index < -0.39 is 0 Å². The van der Waals surface area contributed by atoms with E-state index in [1.165, 1.54) is 6.33 Å². The second-order valence-corrected chi connectivity index (χ2v) is 2.46. The number of aromatic nitrogens is 2. The fraction of sp³-hybridized carbons (Fsp3) is 0.429. The van der Waals surface area contributed by atoms with Crippen LogP contribution in [0.3, 0.4) is 0 Å². The topological polar surface area (TPSA) is 47.0 Å². The molecule has 1 N–H and O–H groups in total. The highest BCUT2D eigenvalue weighted by atomic mass is 16.5. The first kappa shape index (κ1) is 6.54. The molecule has 11 heavy (non-hydrogen) atoms. The molecule has 1 unspecified atom stereocenters. The van der Waals surface area contributed by atoms with E-state index in [2.05, 4.69) is 15.3 Å². The molecule has 0 bridgehead atoms. The summed E-state index contributed by atoms with van der Waals surface area (Å²) in [6, 6.07) is 0. The zero-order chi connectivity index (χ0) is 7.68. The van der Waals surface area contributed by atoms with Crippen LogP contribution in [-0.2, 0) is 4.74 Å². The van der Waals surface area contributed by atoms with Gasteiger partial charge >= 0.3 is 0 Å². The third-order valence-electron chi connectivity index (χ3n) is 1.75. The molecule has 1 aromatic rings. The van der Waals surface area contributed by atoms with E-state index in [1.807, 2.05) is 6.92 Å². The molecule has 0 aromatic carbocycles. The molecule has 4 nitrogen and oxygen atoms in total. The number of hydrogen-bond donors (Lipinski definition) is 1. The molecule has 4 heteroatoms. The van der Waals surface area contributed by atoms with Gasteiger partial charge in [-0.25, -0.2) is 9.97 Å². The number of ether oxygens (including phenoxy) is 1. The maximum Gasteiger partial charge on any atom is 0.136 e. The zero-order valence-corrected chi connectivity index (χ0v) is 6.24. The zero-order valence-electron chi connectivity index (χ0n) is 6.24. The van der Waals surface area contributed by atoms with Crippen molar-refractivity contribution in [3.05, 3.63) is 18.1 Å². The number of hydrogen-bond acceptors (Lipinski definition) is 4. The maximum atomic E-state index is 5.31. The van der Waals surface area contributed by atoms with Crippen LogP contribution in [0.15, 0.2) is 12.5 Å². The Labute approximate surface area is 64.6 Å². The van der Waals surface area contributed by atoms with Crippen LogP contribution in [0.4, 0.5) is 5.82 Å². The van der Waals surface area contributed by atoms with Crippen molar-refractivity contribution in [3.63, 3.8) is 0 Å². The second kappa shape index (κ2) is 2.47. The number of nitrogens with one attached hydrogen (secondary N) is 1. The van der Waals surface area contributed by atoms with Crippen LogP contribution in [0.1, 0.15) is 18.6 Å². The summed E-state index contributed by atoms with van der Waals surface area (Å²) in [4.78, 5) is 7.98. The average molecular weight is 151 g/mol. The molecule has 0 spiro atoms. The number of fused-ring (bicyclic) bond motifs is 1. The Kier molecular flexibility index (Phi) is 1.47. The van der Waals surface area contributed by atoms with Crippen LogP contribution in [0.25, 0.3) is 0 Å². The smallest absolute Gasteiger partial charge is 0.136 e. The van der Waals surface area contributed by atoms with E-state index in [9.17, 15) is 0 Å². The summed E-state index contributed by atoms with van der Waals surface area (Å²) in [5.74, 6) is 0.888. The van der Waals surface area contributed by atoms with Gasteiger partial charge in [-0.2, -0.15) is 0 Å². The van der Waals surface area contributed by atoms with Gasteiger partial charge in [0.15, 0.2) is 0 Å². The van der Waals surface area contributed by atoms with Crippen molar-refractivity contribution in [2.75, 3.05) is 12.0 Å². The van der Waals surface area contributed by atoms with Gasteiger partial charge in [0.2, 0.25) is 0 Å². The normalized spacial score (nSPS) is 22.1. The largest absolute Gasteiger partial charge is 0.353 e. The molecular weight excluding hydrogens is 142 g/mol. The maximum absolute atomic E-state index is 5.31. The third kappa shape index (κ3) is 1.05. The molecule has 2 rings (SSSR count). The first-order chi connectivity index (χ1) is 5.38. The van der Waals surface area contributed by atoms with Crippen LogP contribution >= 0.6 is 0 Å². The summed E-state index contributed by atoms with van der Waals surface area (Å²) < 4.78 is 5.31. The van der Waals surface area contributed by atoms with Crippen LogP contribution in [0.5, 0.6) is 0 Å². The molecule has 1 aliphatic heterocycles. The van der Waals surface area contributed by atoms with E-state index in [4.69, 9.17) is 4.74 Å². The van der Waals surface area contributed by atoms with Crippen LogP contribution in [0, 0.1) is 0 Å². The molecule has 58 valence electrons. The minimum absolute atomic E-state index is 0.104. The standard InChI is InChI=1S/C7H9N3O/c1-5-6-2-8-3-9-7(6)10-4-11-5/h2-3,5H,4H2,1H3,(H,8,9,10). The predicted octanol–water partition coefficient (Wildman–Crippen LogP) is 0.937. The summed E-state index contributed by atoms with van der Waals surface area (Å²) in [6.45, 7) is 2.52. The molecule has 0 saturated heterocycles. The van der Waals surface area contributed by atoms with E-state index in [1.54, 1.807) is 6.20 Å². The van der Waals surface area contributed by atoms with E-state index >= 15 is 0 Å². The molecule has 1 atom stereocenters. The van der Waals surface area contributed by atoms with Gasteiger partial charge < -0.3 is 10.1 Å². The summed E-state index contributed by atoms with van der Waals surface area (Å²) in [6.07, 6.45) is 3.41. The van der Waals surface area contributed by atoms with Crippen molar-refractivity contribution >= 4 is 5.82 Å². The molecular formula is C7H9N3O. The Hall–Kier alpha value is -1.16. The van der Waals surface area contributed by atoms with Crippen LogP contribution in [-0.4, -0.2) is 16.7 Å². The molecule has 0 fully saturated rings. The van der Waals surface area contributed by atoms with Gasteiger partial charge in [0.1, 0.15) is 18.9 Å². The highest BCUT2D eigenvalue weighted by Crippen LogP contribution is 2.25. The lowest BCUT2D eigenvalue weighted by Crippen LogP contribution is -2.18. The SMILES string of the molecule is CC1OCNc2ncncc21. The van der Waals surface area contributed by atoms with Crippen molar-refractivity contribution in [3.8, 4) is 0 Å². The quantitative estimate of drug-likeness (QED) is 0.599. The van der Waals surface area contributed by atoms with E-state index in [0.717, 1.165) is 11.4 Å².